The van der Waals surface area contributed by atoms with E-state index in [1.54, 1.807) is 29.2 Å². The molecule has 1 fully saturated rings. The van der Waals surface area contributed by atoms with Crippen LogP contribution < -0.4 is 10.3 Å². The van der Waals surface area contributed by atoms with Gasteiger partial charge in [-0.25, -0.2) is 5.43 Å². The summed E-state index contributed by atoms with van der Waals surface area (Å²) < 4.78 is 0. The van der Waals surface area contributed by atoms with E-state index in [1.165, 1.54) is 0 Å². The van der Waals surface area contributed by atoms with E-state index in [4.69, 9.17) is 0 Å². The fraction of sp³-hybridized carbons (Fsp3) is 0.190. The second-order valence-electron chi connectivity index (χ2n) is 6.13. The molecule has 3 rings (SSSR count). The maximum absolute atomic E-state index is 12.2. The van der Waals surface area contributed by atoms with E-state index in [1.807, 2.05) is 49.4 Å². The predicted octanol–water partition coefficient (Wildman–Crippen LogP) is 3.63. The van der Waals surface area contributed by atoms with E-state index < -0.39 is 0 Å². The normalized spacial score (nSPS) is 14.9. The standard InChI is InChI=1S/C21H21N3O2/c1-16(9-10-17-6-3-2-4-7-17)22-23-21(26)18-11-13-19(14-12-18)24-15-5-8-20(24)25/h2-4,6-7,9-14H,5,8,15H2,1H3,(H,23,26)/b10-9+,22-16?. The first-order valence-electron chi connectivity index (χ1n) is 8.62. The minimum absolute atomic E-state index is 0.132. The average molecular weight is 347 g/mol. The highest BCUT2D eigenvalue weighted by Gasteiger charge is 2.21. The average Bonchev–Trinajstić information content (AvgIpc) is 3.11. The van der Waals surface area contributed by atoms with Crippen LogP contribution in [0.5, 0.6) is 0 Å². The molecule has 0 aliphatic carbocycles. The summed E-state index contributed by atoms with van der Waals surface area (Å²) in [7, 11) is 0. The molecular weight excluding hydrogens is 326 g/mol. The Morgan fingerprint density at radius 1 is 1.12 bits per heavy atom. The Morgan fingerprint density at radius 2 is 1.85 bits per heavy atom. The predicted molar refractivity (Wildman–Crippen MR) is 104 cm³/mol. The van der Waals surface area contributed by atoms with Crippen molar-refractivity contribution in [1.29, 1.82) is 0 Å². The first-order valence-corrected chi connectivity index (χ1v) is 8.62. The molecule has 0 atom stereocenters. The molecule has 0 saturated carbocycles. The quantitative estimate of drug-likeness (QED) is 0.663. The van der Waals surface area contributed by atoms with Gasteiger partial charge in [0.15, 0.2) is 0 Å². The number of nitrogens with one attached hydrogen (secondary N) is 1. The van der Waals surface area contributed by atoms with Gasteiger partial charge in [-0.1, -0.05) is 36.4 Å². The number of allylic oxidation sites excluding steroid dienone is 1. The molecule has 1 saturated heterocycles. The van der Waals surface area contributed by atoms with Crippen molar-refractivity contribution >= 4 is 29.3 Å². The minimum Gasteiger partial charge on any atom is -0.312 e. The van der Waals surface area contributed by atoms with Gasteiger partial charge in [-0.05, 0) is 49.2 Å². The van der Waals surface area contributed by atoms with Gasteiger partial charge in [-0.15, -0.1) is 0 Å². The zero-order chi connectivity index (χ0) is 18.4. The van der Waals surface area contributed by atoms with Crippen molar-refractivity contribution in [3.05, 3.63) is 71.8 Å². The fourth-order valence-corrected chi connectivity index (χ4v) is 2.74. The third-order valence-electron chi connectivity index (χ3n) is 4.16. The second kappa shape index (κ2) is 8.25. The molecule has 1 aliphatic rings. The van der Waals surface area contributed by atoms with E-state index in [9.17, 15) is 9.59 Å². The van der Waals surface area contributed by atoms with Crippen molar-refractivity contribution < 1.29 is 9.59 Å². The molecule has 1 N–H and O–H groups in total. The number of carbonyl (C=O) groups excluding carboxylic acids is 2. The molecule has 1 aliphatic heterocycles. The number of anilines is 1. The molecule has 0 bridgehead atoms. The first kappa shape index (κ1) is 17.6. The van der Waals surface area contributed by atoms with E-state index in [0.717, 1.165) is 24.2 Å². The lowest BCUT2D eigenvalue weighted by Gasteiger charge is -2.15. The Kier molecular flexibility index (Phi) is 5.59. The van der Waals surface area contributed by atoms with Gasteiger partial charge in [-0.2, -0.15) is 5.10 Å². The first-order chi connectivity index (χ1) is 12.6. The molecule has 0 aromatic heterocycles. The van der Waals surface area contributed by atoms with E-state index in [0.29, 0.717) is 17.7 Å². The monoisotopic (exact) mass is 347 g/mol. The molecule has 0 unspecified atom stereocenters. The Bertz CT molecular complexity index is 839. The molecule has 132 valence electrons. The third kappa shape index (κ3) is 4.45. The van der Waals surface area contributed by atoms with Crippen molar-refractivity contribution in [2.45, 2.75) is 19.8 Å². The van der Waals surface area contributed by atoms with Gasteiger partial charge in [0, 0.05) is 24.2 Å². The Labute approximate surface area is 153 Å². The number of hydrogen-bond acceptors (Lipinski definition) is 3. The van der Waals surface area contributed by atoms with Crippen LogP contribution in [0.15, 0.2) is 65.8 Å². The zero-order valence-corrected chi connectivity index (χ0v) is 14.7. The lowest BCUT2D eigenvalue weighted by atomic mass is 10.2. The summed E-state index contributed by atoms with van der Waals surface area (Å²) in [6.07, 6.45) is 5.25. The zero-order valence-electron chi connectivity index (χ0n) is 14.7. The molecule has 0 spiro atoms. The maximum atomic E-state index is 12.2. The second-order valence-corrected chi connectivity index (χ2v) is 6.13. The summed E-state index contributed by atoms with van der Waals surface area (Å²) in [6.45, 7) is 2.56. The topological polar surface area (TPSA) is 61.8 Å². The summed E-state index contributed by atoms with van der Waals surface area (Å²) in [6, 6.07) is 16.9. The molecule has 2 aromatic rings. The van der Waals surface area contributed by atoms with Crippen LogP contribution in [0.2, 0.25) is 0 Å². The van der Waals surface area contributed by atoms with Gasteiger partial charge < -0.3 is 4.90 Å². The van der Waals surface area contributed by atoms with Crippen LogP contribution in [0.25, 0.3) is 6.08 Å². The summed E-state index contributed by atoms with van der Waals surface area (Å²) in [5.74, 6) is -0.149. The van der Waals surface area contributed by atoms with Gasteiger partial charge in [0.05, 0.1) is 5.71 Å². The van der Waals surface area contributed by atoms with Crippen LogP contribution in [-0.2, 0) is 4.79 Å². The molecule has 5 heteroatoms. The van der Waals surface area contributed by atoms with E-state index >= 15 is 0 Å². The molecule has 0 radical (unpaired) electrons. The van der Waals surface area contributed by atoms with Crippen molar-refractivity contribution in [2.75, 3.05) is 11.4 Å². The van der Waals surface area contributed by atoms with Gasteiger partial charge >= 0.3 is 0 Å². The molecule has 2 aromatic carbocycles. The highest BCUT2D eigenvalue weighted by molar-refractivity contribution is 6.00. The number of carbonyl (C=O) groups is 2. The molecule has 1 heterocycles. The third-order valence-corrected chi connectivity index (χ3v) is 4.16. The lowest BCUT2D eigenvalue weighted by molar-refractivity contribution is -0.117. The van der Waals surface area contributed by atoms with E-state index in [-0.39, 0.29) is 11.8 Å². The minimum atomic E-state index is -0.281. The summed E-state index contributed by atoms with van der Waals surface area (Å²) in [5.41, 5.74) is 5.65. The number of hydrazone groups is 1. The molecule has 5 nitrogen and oxygen atoms in total. The fourth-order valence-electron chi connectivity index (χ4n) is 2.74. The summed E-state index contributed by atoms with van der Waals surface area (Å²) >= 11 is 0. The summed E-state index contributed by atoms with van der Waals surface area (Å²) in [4.78, 5) is 25.7. The molecular formula is C21H21N3O2. The molecule has 26 heavy (non-hydrogen) atoms. The van der Waals surface area contributed by atoms with Gasteiger partial charge in [0.25, 0.3) is 5.91 Å². The largest absolute Gasteiger partial charge is 0.312 e. The van der Waals surface area contributed by atoms with Crippen molar-refractivity contribution in [2.24, 2.45) is 5.10 Å². The highest BCUT2D eigenvalue weighted by Crippen LogP contribution is 2.21. The number of rotatable bonds is 5. The van der Waals surface area contributed by atoms with Crippen LogP contribution >= 0.6 is 0 Å². The lowest BCUT2D eigenvalue weighted by Crippen LogP contribution is -2.24. The van der Waals surface area contributed by atoms with Crippen molar-refractivity contribution in [3.63, 3.8) is 0 Å². The van der Waals surface area contributed by atoms with Gasteiger partial charge in [0.1, 0.15) is 0 Å². The van der Waals surface area contributed by atoms with Crippen LogP contribution in [-0.4, -0.2) is 24.1 Å². The number of amides is 2. The number of hydrogen-bond donors (Lipinski definition) is 1. The smallest absolute Gasteiger partial charge is 0.271 e. The Hall–Kier alpha value is -3.21. The highest BCUT2D eigenvalue weighted by atomic mass is 16.2. The van der Waals surface area contributed by atoms with Crippen molar-refractivity contribution in [1.82, 2.24) is 5.43 Å². The molecule has 2 amide bonds. The van der Waals surface area contributed by atoms with Crippen molar-refractivity contribution in [3.8, 4) is 0 Å². The van der Waals surface area contributed by atoms with Gasteiger partial charge in [-0.3, -0.25) is 9.59 Å². The van der Waals surface area contributed by atoms with Crippen LogP contribution in [0.4, 0.5) is 5.69 Å². The summed E-state index contributed by atoms with van der Waals surface area (Å²) in [5, 5.41) is 4.09. The van der Waals surface area contributed by atoms with Gasteiger partial charge in [0.2, 0.25) is 5.91 Å². The van der Waals surface area contributed by atoms with Crippen LogP contribution in [0, 0.1) is 0 Å². The van der Waals surface area contributed by atoms with Crippen LogP contribution in [0.3, 0.4) is 0 Å². The number of nitrogens with zero attached hydrogens (tertiary/aromatic N) is 2. The maximum Gasteiger partial charge on any atom is 0.271 e. The number of benzene rings is 2. The van der Waals surface area contributed by atoms with E-state index in [2.05, 4.69) is 10.5 Å². The van der Waals surface area contributed by atoms with Crippen LogP contribution in [0.1, 0.15) is 35.7 Å². The SMILES string of the molecule is CC(/C=C/c1ccccc1)=NNC(=O)c1ccc(N2CCCC2=O)cc1. The Balaban J connectivity index is 1.59. The Morgan fingerprint density at radius 3 is 2.50 bits per heavy atom.